The van der Waals surface area contributed by atoms with Gasteiger partial charge in [0, 0.05) is 17.9 Å². The van der Waals surface area contributed by atoms with Crippen molar-refractivity contribution >= 4 is 74.5 Å². The van der Waals surface area contributed by atoms with Crippen LogP contribution < -0.4 is 0 Å². The first-order chi connectivity index (χ1) is 19.9. The third-order valence-corrected chi connectivity index (χ3v) is 11.4. The van der Waals surface area contributed by atoms with Crippen molar-refractivity contribution in [2.45, 2.75) is 37.9 Å². The Bertz CT molecular complexity index is 1860. The van der Waals surface area contributed by atoms with Gasteiger partial charge in [-0.25, -0.2) is 0 Å². The molecule has 0 spiro atoms. The first-order valence-corrected chi connectivity index (χ1v) is 17.3. The summed E-state index contributed by atoms with van der Waals surface area (Å²) in [6.07, 6.45) is 4.98. The van der Waals surface area contributed by atoms with E-state index < -0.39 is 0 Å². The van der Waals surface area contributed by atoms with Gasteiger partial charge < -0.3 is 4.74 Å². The van der Waals surface area contributed by atoms with Gasteiger partial charge in [0.15, 0.2) is 0 Å². The van der Waals surface area contributed by atoms with E-state index in [1.807, 2.05) is 0 Å². The Morgan fingerprint density at radius 2 is 0.976 bits per heavy atom. The minimum Gasteiger partial charge on any atom is -0.365 e. The highest BCUT2D eigenvalue weighted by molar-refractivity contribution is 9.11. The zero-order valence-electron chi connectivity index (χ0n) is 22.1. The number of hydrogen-bond donors (Lipinski definition) is 0. The fourth-order valence-electron chi connectivity index (χ4n) is 7.51. The summed E-state index contributed by atoms with van der Waals surface area (Å²) in [5.41, 5.74) is 11.7. The molecule has 0 saturated carbocycles. The average molecular weight is 794 g/mol. The number of ether oxygens (including phenoxy) is 1. The maximum absolute atomic E-state index is 6.37. The molecule has 2 bridgehead atoms. The standard InChI is InChI=1S/C18H14Br2O.C18H12Br2/c19-11-2-1-9-6-14-15(7-10(9)5-11)17-13-4-3-12(20)8-16(13)18(14)21-17;19-17-3-1-11-5-13-8-16-10-18(20)4-2-12(16)6-14(13)7-15(11)9-17/h1-5,8,14-15,17-18H,6-7H2;1-5,7,9-10H,6,8H2. The van der Waals surface area contributed by atoms with Crippen LogP contribution >= 0.6 is 63.7 Å². The Hall–Kier alpha value is -1.76. The van der Waals surface area contributed by atoms with Crippen molar-refractivity contribution in [2.75, 3.05) is 0 Å². The second kappa shape index (κ2) is 10.4. The molecule has 1 fully saturated rings. The highest BCUT2D eigenvalue weighted by atomic mass is 79.9. The maximum Gasteiger partial charge on any atom is 0.0872 e. The van der Waals surface area contributed by atoms with Crippen molar-refractivity contribution < 1.29 is 4.74 Å². The molecule has 2 aliphatic carbocycles. The van der Waals surface area contributed by atoms with Gasteiger partial charge in [-0.2, -0.15) is 0 Å². The number of halogens is 4. The lowest BCUT2D eigenvalue weighted by atomic mass is 9.67. The van der Waals surface area contributed by atoms with E-state index in [0.29, 0.717) is 24.0 Å². The van der Waals surface area contributed by atoms with Crippen molar-refractivity contribution in [3.05, 3.63) is 147 Å². The molecule has 2 heterocycles. The molecule has 4 unspecified atom stereocenters. The lowest BCUT2D eigenvalue weighted by Crippen LogP contribution is -2.29. The van der Waals surface area contributed by atoms with Crippen LogP contribution in [0.1, 0.15) is 56.7 Å². The number of fused-ring (bicyclic) bond motifs is 12. The highest BCUT2D eigenvalue weighted by Crippen LogP contribution is 2.60. The smallest absolute Gasteiger partial charge is 0.0872 e. The van der Waals surface area contributed by atoms with E-state index in [4.69, 9.17) is 4.74 Å². The Morgan fingerprint density at radius 3 is 1.78 bits per heavy atom. The molecule has 0 aromatic heterocycles. The fourth-order valence-corrected chi connectivity index (χ4v) is 9.08. The molecular formula is C36H26Br4O. The van der Waals surface area contributed by atoms with Gasteiger partial charge in [0.2, 0.25) is 0 Å². The Morgan fingerprint density at radius 1 is 0.439 bits per heavy atom. The molecule has 5 aromatic carbocycles. The van der Waals surface area contributed by atoms with E-state index in [1.54, 1.807) is 0 Å². The third kappa shape index (κ3) is 4.80. The summed E-state index contributed by atoms with van der Waals surface area (Å²) in [6.45, 7) is 0. The van der Waals surface area contributed by atoms with Crippen LogP contribution in [0.5, 0.6) is 0 Å². The van der Waals surface area contributed by atoms with E-state index in [1.165, 1.54) is 64.2 Å². The molecule has 204 valence electrons. The van der Waals surface area contributed by atoms with Crippen LogP contribution in [0.25, 0.3) is 10.8 Å². The summed E-state index contributed by atoms with van der Waals surface area (Å²) in [4.78, 5) is 0. The van der Waals surface area contributed by atoms with E-state index in [9.17, 15) is 0 Å². The molecule has 5 heteroatoms. The summed E-state index contributed by atoms with van der Waals surface area (Å²) >= 11 is 14.3. The topological polar surface area (TPSA) is 9.23 Å². The summed E-state index contributed by atoms with van der Waals surface area (Å²) in [5, 5.41) is 2.64. The Labute approximate surface area is 274 Å². The van der Waals surface area contributed by atoms with Crippen LogP contribution in [-0.4, -0.2) is 0 Å². The van der Waals surface area contributed by atoms with E-state index in [-0.39, 0.29) is 0 Å². The monoisotopic (exact) mass is 790 g/mol. The summed E-state index contributed by atoms with van der Waals surface area (Å²) in [6, 6.07) is 31.2. The van der Waals surface area contributed by atoms with E-state index in [2.05, 4.69) is 149 Å². The molecule has 0 radical (unpaired) electrons. The van der Waals surface area contributed by atoms with Crippen molar-refractivity contribution in [1.82, 2.24) is 0 Å². The predicted molar refractivity (Wildman–Crippen MR) is 181 cm³/mol. The van der Waals surface area contributed by atoms with Crippen LogP contribution in [0.3, 0.4) is 0 Å². The van der Waals surface area contributed by atoms with Crippen molar-refractivity contribution in [3.8, 4) is 0 Å². The van der Waals surface area contributed by atoms with Gasteiger partial charge in [-0.15, -0.1) is 0 Å². The van der Waals surface area contributed by atoms with Crippen molar-refractivity contribution in [3.63, 3.8) is 0 Å². The van der Waals surface area contributed by atoms with Crippen LogP contribution in [0.2, 0.25) is 0 Å². The first-order valence-electron chi connectivity index (χ1n) is 14.1. The molecule has 1 nitrogen and oxygen atoms in total. The van der Waals surface area contributed by atoms with Gasteiger partial charge in [-0.05, 0) is 141 Å². The molecule has 2 aliphatic heterocycles. The Balaban J connectivity index is 0.000000125. The lowest BCUT2D eigenvalue weighted by molar-refractivity contribution is 0.0546. The summed E-state index contributed by atoms with van der Waals surface area (Å²) in [5.74, 6) is 1.29. The number of benzene rings is 5. The molecule has 5 aromatic rings. The summed E-state index contributed by atoms with van der Waals surface area (Å²) in [7, 11) is 0. The second-order valence-corrected chi connectivity index (χ2v) is 15.4. The van der Waals surface area contributed by atoms with Crippen LogP contribution in [0.4, 0.5) is 0 Å². The molecule has 4 atom stereocenters. The third-order valence-electron chi connectivity index (χ3n) is 9.41. The van der Waals surface area contributed by atoms with Gasteiger partial charge in [-0.1, -0.05) is 100 Å². The Kier molecular flexibility index (Phi) is 6.84. The van der Waals surface area contributed by atoms with Gasteiger partial charge in [0.05, 0.1) is 12.2 Å². The maximum atomic E-state index is 6.37. The molecule has 0 amide bonds. The van der Waals surface area contributed by atoms with Crippen LogP contribution in [-0.2, 0) is 30.4 Å². The molecule has 41 heavy (non-hydrogen) atoms. The molecular weight excluding hydrogens is 768 g/mol. The highest BCUT2D eigenvalue weighted by Gasteiger charge is 2.53. The van der Waals surface area contributed by atoms with Gasteiger partial charge in [0.25, 0.3) is 0 Å². The molecule has 1 saturated heterocycles. The zero-order chi connectivity index (χ0) is 27.8. The molecule has 4 aliphatic rings. The minimum atomic E-state index is 0.296. The molecule has 0 N–H and O–H groups in total. The number of hydrogen-bond acceptors (Lipinski definition) is 1. The van der Waals surface area contributed by atoms with Gasteiger partial charge in [0.1, 0.15) is 0 Å². The SMILES string of the molecule is Brc1ccc2c(c1)CC1C3OC(c4cc(Br)ccc43)C1C2.Brc1ccc2c(c1)Cc1cc3ccc(Br)cc3cc1C2. The average Bonchev–Trinajstić information content (AvgIpc) is 3.51. The fraction of sp³-hybridized carbons (Fsp3) is 0.222. The lowest BCUT2D eigenvalue weighted by Gasteiger charge is -2.34. The van der Waals surface area contributed by atoms with Crippen molar-refractivity contribution in [2.24, 2.45) is 11.8 Å². The van der Waals surface area contributed by atoms with E-state index in [0.717, 1.165) is 34.6 Å². The predicted octanol–water partition coefficient (Wildman–Crippen LogP) is 11.2. The second-order valence-electron chi connectivity index (χ2n) is 11.8. The quantitative estimate of drug-likeness (QED) is 0.149. The van der Waals surface area contributed by atoms with Gasteiger partial charge in [-0.3, -0.25) is 0 Å². The minimum absolute atomic E-state index is 0.296. The molecule has 9 rings (SSSR count). The first kappa shape index (κ1) is 26.8. The van der Waals surface area contributed by atoms with Gasteiger partial charge >= 0.3 is 0 Å². The zero-order valence-corrected chi connectivity index (χ0v) is 28.5. The van der Waals surface area contributed by atoms with Crippen molar-refractivity contribution in [1.29, 1.82) is 0 Å². The summed E-state index contributed by atoms with van der Waals surface area (Å²) < 4.78 is 11.0. The normalized spacial score (nSPS) is 22.6. The largest absolute Gasteiger partial charge is 0.365 e. The van der Waals surface area contributed by atoms with Crippen LogP contribution in [0.15, 0.2) is 103 Å². The van der Waals surface area contributed by atoms with E-state index >= 15 is 0 Å². The number of rotatable bonds is 0. The van der Waals surface area contributed by atoms with Crippen LogP contribution in [0, 0.1) is 11.8 Å².